The van der Waals surface area contributed by atoms with E-state index in [2.05, 4.69) is 10.6 Å². The van der Waals surface area contributed by atoms with E-state index >= 15 is 0 Å². The fraction of sp³-hybridized carbons (Fsp3) is 0.118. The Morgan fingerprint density at radius 3 is 2.50 bits per heavy atom. The molecule has 2 aromatic rings. The van der Waals surface area contributed by atoms with Crippen molar-refractivity contribution >= 4 is 46.2 Å². The average Bonchev–Trinajstić information content (AvgIpc) is 2.60. The molecule has 2 rings (SSSR count). The molecule has 0 bridgehead atoms. The number of hydrogen-bond donors (Lipinski definition) is 2. The lowest BCUT2D eigenvalue weighted by atomic mass is 10.1. The van der Waals surface area contributed by atoms with Crippen LogP contribution < -0.4 is 15.5 Å². The van der Waals surface area contributed by atoms with Crippen LogP contribution in [-0.2, 0) is 4.79 Å². The molecule has 2 N–H and O–H groups in total. The van der Waals surface area contributed by atoms with Gasteiger partial charge in [-0.25, -0.2) is 0 Å². The van der Waals surface area contributed by atoms with E-state index in [0.29, 0.717) is 11.4 Å². The Morgan fingerprint density at radius 2 is 1.85 bits per heavy atom. The molecule has 8 nitrogen and oxygen atoms in total. The van der Waals surface area contributed by atoms with E-state index in [-0.39, 0.29) is 22.3 Å². The van der Waals surface area contributed by atoms with Crippen molar-refractivity contribution in [2.24, 2.45) is 0 Å². The zero-order valence-electron chi connectivity index (χ0n) is 14.1. The van der Waals surface area contributed by atoms with Gasteiger partial charge in [0.05, 0.1) is 4.92 Å². The first-order valence-electron chi connectivity index (χ1n) is 7.49. The Balaban J connectivity index is 2.10. The van der Waals surface area contributed by atoms with Gasteiger partial charge in [-0.1, -0.05) is 18.2 Å². The fourth-order valence-corrected chi connectivity index (χ4v) is 2.34. The van der Waals surface area contributed by atoms with Gasteiger partial charge >= 0.3 is 0 Å². The Hall–Kier alpha value is -3.33. The molecule has 0 radical (unpaired) electrons. The molecule has 0 aromatic heterocycles. The summed E-state index contributed by atoms with van der Waals surface area (Å²) in [6, 6.07) is 12.5. The van der Waals surface area contributed by atoms with Crippen molar-refractivity contribution in [1.29, 1.82) is 0 Å². The summed E-state index contributed by atoms with van der Waals surface area (Å²) in [7, 11) is 1.63. The van der Waals surface area contributed by atoms with Crippen LogP contribution in [0.4, 0.5) is 17.1 Å². The van der Waals surface area contributed by atoms with Crippen molar-refractivity contribution in [1.82, 2.24) is 5.32 Å². The Labute approximate surface area is 155 Å². The van der Waals surface area contributed by atoms with E-state index in [4.69, 9.17) is 12.2 Å². The molecule has 0 aliphatic carbocycles. The number of nitro groups is 1. The molecule has 0 aliphatic heterocycles. The van der Waals surface area contributed by atoms with Crippen molar-refractivity contribution in [3.63, 3.8) is 0 Å². The average molecular weight is 372 g/mol. The number of benzene rings is 2. The van der Waals surface area contributed by atoms with Gasteiger partial charge < -0.3 is 10.2 Å². The summed E-state index contributed by atoms with van der Waals surface area (Å²) in [6.45, 7) is 1.44. The van der Waals surface area contributed by atoms with Crippen LogP contribution in [0, 0.1) is 10.1 Å². The number of para-hydroxylation sites is 1. The van der Waals surface area contributed by atoms with Gasteiger partial charge in [0, 0.05) is 31.4 Å². The highest BCUT2D eigenvalue weighted by Gasteiger charge is 2.19. The van der Waals surface area contributed by atoms with E-state index in [1.807, 2.05) is 0 Å². The third-order valence-corrected chi connectivity index (χ3v) is 3.74. The van der Waals surface area contributed by atoms with Crippen LogP contribution in [0.25, 0.3) is 0 Å². The van der Waals surface area contributed by atoms with Gasteiger partial charge in [-0.15, -0.1) is 0 Å². The molecule has 0 saturated heterocycles. The molecule has 9 heteroatoms. The van der Waals surface area contributed by atoms with Gasteiger partial charge in [-0.05, 0) is 36.5 Å². The van der Waals surface area contributed by atoms with Crippen LogP contribution >= 0.6 is 12.2 Å². The lowest BCUT2D eigenvalue weighted by molar-refractivity contribution is -0.385. The topological polar surface area (TPSA) is 105 Å². The Kier molecular flexibility index (Phi) is 5.97. The summed E-state index contributed by atoms with van der Waals surface area (Å²) in [5.41, 5.74) is 0.809. The molecule has 0 saturated carbocycles. The molecular weight excluding hydrogens is 356 g/mol. The number of carbonyl (C=O) groups excluding carboxylic acids is 2. The molecule has 134 valence electrons. The van der Waals surface area contributed by atoms with E-state index in [1.54, 1.807) is 31.3 Å². The van der Waals surface area contributed by atoms with Crippen molar-refractivity contribution in [2.75, 3.05) is 17.3 Å². The second-order valence-electron chi connectivity index (χ2n) is 5.31. The summed E-state index contributed by atoms with van der Waals surface area (Å²) in [4.78, 5) is 35.5. The monoisotopic (exact) mass is 372 g/mol. The Morgan fingerprint density at radius 1 is 1.15 bits per heavy atom. The largest absolute Gasteiger partial charge is 0.332 e. The standard InChI is InChI=1S/C17H16N4O4S/c1-11(22)20(2)13-7-5-6-12(10-13)18-17(26)19-16(23)14-8-3-4-9-15(14)21(24)25/h3-10H,1-2H3,(H2,18,19,23,26). The summed E-state index contributed by atoms with van der Waals surface area (Å²) >= 11 is 5.09. The first-order valence-corrected chi connectivity index (χ1v) is 7.90. The molecule has 0 spiro atoms. The highest BCUT2D eigenvalue weighted by molar-refractivity contribution is 7.80. The van der Waals surface area contributed by atoms with Gasteiger partial charge in [0.15, 0.2) is 5.11 Å². The van der Waals surface area contributed by atoms with Gasteiger partial charge in [-0.3, -0.25) is 25.0 Å². The first-order chi connectivity index (χ1) is 12.3. The van der Waals surface area contributed by atoms with Crippen LogP contribution in [-0.4, -0.2) is 28.9 Å². The Bertz CT molecular complexity index is 885. The number of nitrogens with one attached hydrogen (secondary N) is 2. The summed E-state index contributed by atoms with van der Waals surface area (Å²) in [5, 5.41) is 16.2. The maximum atomic E-state index is 12.2. The van der Waals surface area contributed by atoms with Gasteiger partial charge in [0.2, 0.25) is 5.91 Å². The van der Waals surface area contributed by atoms with E-state index < -0.39 is 10.8 Å². The quantitative estimate of drug-likeness (QED) is 0.486. The van der Waals surface area contributed by atoms with Crippen LogP contribution in [0.3, 0.4) is 0 Å². The molecular formula is C17H16N4O4S. The minimum Gasteiger partial charge on any atom is -0.332 e. The molecule has 0 atom stereocenters. The summed E-state index contributed by atoms with van der Waals surface area (Å²) < 4.78 is 0. The van der Waals surface area contributed by atoms with Crippen LogP contribution in [0.1, 0.15) is 17.3 Å². The normalized spacial score (nSPS) is 9.92. The highest BCUT2D eigenvalue weighted by Crippen LogP contribution is 2.19. The third-order valence-electron chi connectivity index (χ3n) is 3.54. The summed E-state index contributed by atoms with van der Waals surface area (Å²) in [6.07, 6.45) is 0. The minimum atomic E-state index is -0.688. The number of nitrogens with zero attached hydrogens (tertiary/aromatic N) is 2. The van der Waals surface area contributed by atoms with Gasteiger partial charge in [0.25, 0.3) is 11.6 Å². The van der Waals surface area contributed by atoms with Crippen molar-refractivity contribution in [2.45, 2.75) is 6.92 Å². The maximum Gasteiger partial charge on any atom is 0.282 e. The molecule has 26 heavy (non-hydrogen) atoms. The number of amides is 2. The predicted molar refractivity (Wildman–Crippen MR) is 102 cm³/mol. The zero-order chi connectivity index (χ0) is 19.3. The van der Waals surface area contributed by atoms with Crippen LogP contribution in [0.15, 0.2) is 48.5 Å². The molecule has 0 fully saturated rings. The molecule has 0 unspecified atom stereocenters. The number of rotatable bonds is 4. The fourth-order valence-electron chi connectivity index (χ4n) is 2.13. The number of carbonyl (C=O) groups is 2. The van der Waals surface area contributed by atoms with E-state index in [0.717, 1.165) is 0 Å². The van der Waals surface area contributed by atoms with Gasteiger partial charge in [0.1, 0.15) is 5.56 Å². The third kappa shape index (κ3) is 4.61. The zero-order valence-corrected chi connectivity index (χ0v) is 14.9. The van der Waals surface area contributed by atoms with E-state index in [9.17, 15) is 19.7 Å². The van der Waals surface area contributed by atoms with Gasteiger partial charge in [-0.2, -0.15) is 0 Å². The number of nitro benzene ring substituents is 1. The van der Waals surface area contributed by atoms with E-state index in [1.165, 1.54) is 36.1 Å². The smallest absolute Gasteiger partial charge is 0.282 e. The molecule has 0 heterocycles. The maximum absolute atomic E-state index is 12.2. The first kappa shape index (κ1) is 19.0. The summed E-state index contributed by atoms with van der Waals surface area (Å²) in [5.74, 6) is -0.818. The second-order valence-corrected chi connectivity index (χ2v) is 5.72. The second kappa shape index (κ2) is 8.17. The highest BCUT2D eigenvalue weighted by atomic mass is 32.1. The lowest BCUT2D eigenvalue weighted by Gasteiger charge is -2.16. The van der Waals surface area contributed by atoms with Crippen molar-refractivity contribution in [3.05, 3.63) is 64.2 Å². The van der Waals surface area contributed by atoms with Crippen molar-refractivity contribution in [3.8, 4) is 0 Å². The van der Waals surface area contributed by atoms with Crippen LogP contribution in [0.2, 0.25) is 0 Å². The predicted octanol–water partition coefficient (Wildman–Crippen LogP) is 2.70. The number of hydrogen-bond acceptors (Lipinski definition) is 5. The molecule has 2 amide bonds. The number of anilines is 2. The SMILES string of the molecule is CC(=O)N(C)c1cccc(NC(=S)NC(=O)c2ccccc2[N+](=O)[O-])c1. The van der Waals surface area contributed by atoms with Crippen molar-refractivity contribution < 1.29 is 14.5 Å². The minimum absolute atomic E-state index is 0.0178. The molecule has 2 aromatic carbocycles. The molecule has 0 aliphatic rings. The number of thiocarbonyl (C=S) groups is 1. The van der Waals surface area contributed by atoms with Crippen LogP contribution in [0.5, 0.6) is 0 Å². The lowest BCUT2D eigenvalue weighted by Crippen LogP contribution is -2.34.